The minimum atomic E-state index is -2.78. The van der Waals surface area contributed by atoms with Crippen molar-refractivity contribution in [3.63, 3.8) is 0 Å². The Balaban J connectivity index is 2.75. The van der Waals surface area contributed by atoms with Gasteiger partial charge in [-0.1, -0.05) is 0 Å². The Morgan fingerprint density at radius 2 is 2.42 bits per heavy atom. The molecule has 0 aliphatic heterocycles. The third kappa shape index (κ3) is 1.69. The lowest BCUT2D eigenvalue weighted by molar-refractivity contribution is 0.0593. The number of carbonyl (C=O) groups is 1. The third-order valence-electron chi connectivity index (χ3n) is 1.14. The maximum atomic E-state index is 11.1. The van der Waals surface area contributed by atoms with E-state index >= 15 is 0 Å². The van der Waals surface area contributed by atoms with Crippen molar-refractivity contribution in [3.8, 4) is 5.88 Å². The third-order valence-corrected chi connectivity index (χ3v) is 1.14. The van der Waals surface area contributed by atoms with Crippen molar-refractivity contribution < 1.29 is 18.4 Å². The summed E-state index contributed by atoms with van der Waals surface area (Å²) in [5, 5.41) is 0. The van der Waals surface area contributed by atoms with Crippen LogP contribution in [0.1, 0.15) is 14.6 Å². The van der Waals surface area contributed by atoms with E-state index in [2.05, 4.69) is 14.7 Å². The van der Waals surface area contributed by atoms with Crippen molar-refractivity contribution in [3.05, 3.63) is 18.1 Å². The summed E-state index contributed by atoms with van der Waals surface area (Å²) in [5.74, 6) is -0.828. The average molecular weight is 171 g/mol. The predicted octanol–water partition coefficient (Wildman–Crippen LogP) is 0.272. The zero-order valence-corrected chi connectivity index (χ0v) is 6.27. The van der Waals surface area contributed by atoms with E-state index in [9.17, 15) is 4.79 Å². The molecule has 5 nitrogen and oxygen atoms in total. The van der Waals surface area contributed by atoms with Crippen LogP contribution in [-0.4, -0.2) is 30.1 Å². The fourth-order valence-corrected chi connectivity index (χ4v) is 0.579. The molecular formula is C7H8N2O3. The molecule has 0 fully saturated rings. The normalized spacial score (nSPS) is 13.9. The maximum absolute atomic E-state index is 11.1. The molecule has 0 bridgehead atoms. The van der Waals surface area contributed by atoms with E-state index in [0.29, 0.717) is 0 Å². The first-order chi connectivity index (χ1) is 6.92. The second-order valence-electron chi connectivity index (χ2n) is 1.83. The van der Waals surface area contributed by atoms with E-state index < -0.39 is 13.0 Å². The highest BCUT2D eigenvalue weighted by molar-refractivity contribution is 5.86. The van der Waals surface area contributed by atoms with Crippen LogP contribution in [0.25, 0.3) is 0 Å². The molecule has 12 heavy (non-hydrogen) atoms. The Bertz CT molecular complexity index is 349. The van der Waals surface area contributed by atoms with Crippen LogP contribution in [0, 0.1) is 0 Å². The summed E-state index contributed by atoms with van der Waals surface area (Å²) in [5.41, 5.74) is -0.188. The van der Waals surface area contributed by atoms with Crippen LogP contribution in [0.2, 0.25) is 0 Å². The van der Waals surface area contributed by atoms with Gasteiger partial charge in [0.15, 0.2) is 5.69 Å². The highest BCUT2D eigenvalue weighted by Crippen LogP contribution is 2.02. The number of hydrogen-bond acceptors (Lipinski definition) is 5. The number of ether oxygens (including phenoxy) is 2. The molecule has 0 unspecified atom stereocenters. The average Bonchev–Trinajstić information content (AvgIpc) is 2.15. The van der Waals surface area contributed by atoms with E-state index in [4.69, 9.17) is 8.85 Å². The fraction of sp³-hybridized carbons (Fsp3) is 0.286. The van der Waals surface area contributed by atoms with Crippen LogP contribution in [0.3, 0.4) is 0 Å². The van der Waals surface area contributed by atoms with Crippen molar-refractivity contribution in [2.45, 2.75) is 0 Å². The number of aromatic nitrogens is 2. The minimum absolute atomic E-state index is 0.188. The van der Waals surface area contributed by atoms with Crippen LogP contribution in [-0.2, 0) is 4.74 Å². The molecule has 0 saturated carbocycles. The molecule has 0 atom stereocenters. The van der Waals surface area contributed by atoms with E-state index in [0.717, 1.165) is 6.20 Å². The van der Waals surface area contributed by atoms with E-state index in [1.807, 2.05) is 0 Å². The second-order valence-corrected chi connectivity index (χ2v) is 1.83. The molecular weight excluding hydrogens is 160 g/mol. The molecule has 0 spiro atoms. The van der Waals surface area contributed by atoms with Crippen molar-refractivity contribution in [2.75, 3.05) is 14.1 Å². The van der Waals surface area contributed by atoms with Crippen molar-refractivity contribution in [1.29, 1.82) is 0 Å². The van der Waals surface area contributed by atoms with E-state index in [1.165, 1.54) is 13.3 Å². The molecule has 0 aromatic carbocycles. The highest BCUT2D eigenvalue weighted by Gasteiger charge is 2.06. The molecule has 64 valence electrons. The van der Waals surface area contributed by atoms with Gasteiger partial charge in [0.05, 0.1) is 30.7 Å². The molecule has 0 radical (unpaired) electrons. The summed E-state index contributed by atoms with van der Waals surface area (Å²) >= 11 is 0. The molecule has 0 N–H and O–H groups in total. The summed E-state index contributed by atoms with van der Waals surface area (Å²) in [6, 6.07) is 0. The molecule has 1 rings (SSSR count). The van der Waals surface area contributed by atoms with Gasteiger partial charge >= 0.3 is 5.97 Å². The van der Waals surface area contributed by atoms with Crippen LogP contribution < -0.4 is 4.74 Å². The van der Waals surface area contributed by atoms with Gasteiger partial charge in [-0.3, -0.25) is 0 Å². The molecule has 0 aliphatic carbocycles. The van der Waals surface area contributed by atoms with Gasteiger partial charge in [-0.25, -0.2) is 14.8 Å². The summed E-state index contributed by atoms with van der Waals surface area (Å²) in [4.78, 5) is 18.4. The van der Waals surface area contributed by atoms with Gasteiger partial charge < -0.3 is 9.47 Å². The van der Waals surface area contributed by atoms with Gasteiger partial charge in [0, 0.05) is 0 Å². The van der Waals surface area contributed by atoms with Gasteiger partial charge in [-0.15, -0.1) is 0 Å². The van der Waals surface area contributed by atoms with Crippen LogP contribution in [0.4, 0.5) is 0 Å². The number of rotatable bonds is 2. The number of carbonyl (C=O) groups excluding carboxylic acids is 1. The minimum Gasteiger partial charge on any atom is -0.480 e. The largest absolute Gasteiger partial charge is 0.480 e. The van der Waals surface area contributed by atoms with Gasteiger partial charge in [0.1, 0.15) is 0 Å². The lowest BCUT2D eigenvalue weighted by atomic mass is 10.5. The smallest absolute Gasteiger partial charge is 0.358 e. The first-order valence-electron chi connectivity index (χ1n) is 4.52. The summed E-state index contributed by atoms with van der Waals surface area (Å²) in [6.45, 7) is 0. The molecule has 0 amide bonds. The quantitative estimate of drug-likeness (QED) is 0.598. The standard InChI is InChI=1S/C7H8N2O3/c1-11-6-4-8-5(3-9-6)7(10)12-2/h3-4H,1-2H3/i2D3. The predicted molar refractivity (Wildman–Crippen MR) is 39.9 cm³/mol. The maximum Gasteiger partial charge on any atom is 0.358 e. The van der Waals surface area contributed by atoms with Crippen LogP contribution >= 0.6 is 0 Å². The van der Waals surface area contributed by atoms with Crippen LogP contribution in [0.15, 0.2) is 12.4 Å². The summed E-state index contributed by atoms with van der Waals surface area (Å²) in [6.07, 6.45) is 2.27. The Morgan fingerprint density at radius 3 is 2.92 bits per heavy atom. The highest BCUT2D eigenvalue weighted by atomic mass is 16.5. The summed E-state index contributed by atoms with van der Waals surface area (Å²) < 4.78 is 29.0. The Morgan fingerprint density at radius 1 is 1.58 bits per heavy atom. The van der Waals surface area contributed by atoms with E-state index in [-0.39, 0.29) is 11.6 Å². The molecule has 1 heterocycles. The number of methoxy groups -OCH3 is 2. The van der Waals surface area contributed by atoms with Gasteiger partial charge in [0.25, 0.3) is 0 Å². The molecule has 0 aliphatic rings. The number of hydrogen-bond donors (Lipinski definition) is 0. The fourth-order valence-electron chi connectivity index (χ4n) is 0.579. The zero-order valence-electron chi connectivity index (χ0n) is 9.27. The number of esters is 1. The van der Waals surface area contributed by atoms with Gasteiger partial charge in [-0.2, -0.15) is 0 Å². The molecule has 1 aromatic heterocycles. The van der Waals surface area contributed by atoms with Crippen LogP contribution in [0.5, 0.6) is 5.88 Å². The van der Waals surface area contributed by atoms with Crippen molar-refractivity contribution >= 4 is 5.97 Å². The Labute approximate surface area is 73.6 Å². The molecule has 0 saturated heterocycles. The summed E-state index contributed by atoms with van der Waals surface area (Å²) in [7, 11) is -1.39. The van der Waals surface area contributed by atoms with Gasteiger partial charge in [0.2, 0.25) is 5.88 Å². The van der Waals surface area contributed by atoms with Crippen molar-refractivity contribution in [2.24, 2.45) is 0 Å². The Kier molecular flexibility index (Phi) is 1.55. The SMILES string of the molecule is [2H]C([2H])([2H])OC(=O)c1cnc(OC)cn1. The monoisotopic (exact) mass is 171 g/mol. The topological polar surface area (TPSA) is 61.3 Å². The van der Waals surface area contributed by atoms with E-state index in [1.54, 1.807) is 0 Å². The Hall–Kier alpha value is -1.65. The lowest BCUT2D eigenvalue weighted by Crippen LogP contribution is -2.04. The van der Waals surface area contributed by atoms with Crippen molar-refractivity contribution in [1.82, 2.24) is 9.97 Å². The zero-order chi connectivity index (χ0) is 11.5. The molecule has 5 heteroatoms. The molecule has 1 aromatic rings. The van der Waals surface area contributed by atoms with Gasteiger partial charge in [-0.05, 0) is 0 Å². The second kappa shape index (κ2) is 3.66. The first kappa shape index (κ1) is 5.08. The number of nitrogens with zero attached hydrogens (tertiary/aromatic N) is 2. The lowest BCUT2D eigenvalue weighted by Gasteiger charge is -1.98. The first-order valence-corrected chi connectivity index (χ1v) is 3.02.